The van der Waals surface area contributed by atoms with E-state index < -0.39 is 0 Å². The molecule has 2 heteroatoms. The van der Waals surface area contributed by atoms with Gasteiger partial charge in [-0.1, -0.05) is 32.9 Å². The van der Waals surface area contributed by atoms with Gasteiger partial charge in [0.15, 0.2) is 0 Å². The molecule has 0 aromatic heterocycles. The summed E-state index contributed by atoms with van der Waals surface area (Å²) in [6.07, 6.45) is 2.79. The van der Waals surface area contributed by atoms with E-state index in [1.165, 1.54) is 5.56 Å². The van der Waals surface area contributed by atoms with E-state index in [1.807, 2.05) is 6.07 Å². The zero-order valence-corrected chi connectivity index (χ0v) is 10.5. The van der Waals surface area contributed by atoms with Crippen molar-refractivity contribution < 1.29 is 10.2 Å². The SMILES string of the molecule is CC(C)(C)c1cc(CCCCO)ccc1O. The van der Waals surface area contributed by atoms with Crippen molar-refractivity contribution in [2.45, 2.75) is 45.4 Å². The molecule has 90 valence electrons. The molecule has 1 aromatic rings. The number of phenolic OH excluding ortho intramolecular Hbond substituents is 1. The molecule has 0 saturated heterocycles. The van der Waals surface area contributed by atoms with Gasteiger partial charge in [0.2, 0.25) is 0 Å². The maximum atomic E-state index is 9.80. The molecule has 2 nitrogen and oxygen atoms in total. The van der Waals surface area contributed by atoms with Crippen LogP contribution in [-0.2, 0) is 11.8 Å². The molecule has 0 fully saturated rings. The van der Waals surface area contributed by atoms with Crippen LogP contribution >= 0.6 is 0 Å². The second-order valence-electron chi connectivity index (χ2n) is 5.28. The Morgan fingerprint density at radius 2 is 1.81 bits per heavy atom. The van der Waals surface area contributed by atoms with Gasteiger partial charge in [-0.2, -0.15) is 0 Å². The molecule has 0 saturated carbocycles. The third-order valence-corrected chi connectivity index (χ3v) is 2.74. The number of aliphatic hydroxyl groups excluding tert-OH is 1. The van der Waals surface area contributed by atoms with Crippen molar-refractivity contribution in [3.8, 4) is 5.75 Å². The Morgan fingerprint density at radius 3 is 2.38 bits per heavy atom. The van der Waals surface area contributed by atoms with Gasteiger partial charge in [0, 0.05) is 6.61 Å². The first-order valence-corrected chi connectivity index (χ1v) is 5.88. The van der Waals surface area contributed by atoms with Gasteiger partial charge >= 0.3 is 0 Å². The van der Waals surface area contributed by atoms with Gasteiger partial charge < -0.3 is 10.2 Å². The first-order chi connectivity index (χ1) is 7.45. The van der Waals surface area contributed by atoms with Crippen LogP contribution < -0.4 is 0 Å². The zero-order valence-electron chi connectivity index (χ0n) is 10.5. The summed E-state index contributed by atoms with van der Waals surface area (Å²) in [7, 11) is 0. The molecule has 0 atom stereocenters. The molecular formula is C14H22O2. The molecule has 0 heterocycles. The van der Waals surface area contributed by atoms with E-state index in [2.05, 4.69) is 26.8 Å². The predicted molar refractivity (Wildman–Crippen MR) is 66.8 cm³/mol. The number of aliphatic hydroxyl groups is 1. The minimum Gasteiger partial charge on any atom is -0.508 e. The molecule has 0 amide bonds. The molecule has 0 radical (unpaired) electrons. The highest BCUT2D eigenvalue weighted by Crippen LogP contribution is 2.31. The Morgan fingerprint density at radius 1 is 1.12 bits per heavy atom. The highest BCUT2D eigenvalue weighted by molar-refractivity contribution is 5.40. The Kier molecular flexibility index (Phi) is 4.36. The van der Waals surface area contributed by atoms with E-state index in [1.54, 1.807) is 6.07 Å². The van der Waals surface area contributed by atoms with Crippen LogP contribution in [0.3, 0.4) is 0 Å². The standard InChI is InChI=1S/C14H22O2/c1-14(2,3)12-10-11(6-4-5-9-15)7-8-13(12)16/h7-8,10,15-16H,4-6,9H2,1-3H3. The van der Waals surface area contributed by atoms with Crippen LogP contribution in [0.4, 0.5) is 0 Å². The van der Waals surface area contributed by atoms with Gasteiger partial charge in [-0.3, -0.25) is 0 Å². The number of hydrogen-bond donors (Lipinski definition) is 2. The number of phenols is 1. The van der Waals surface area contributed by atoms with Gasteiger partial charge in [-0.25, -0.2) is 0 Å². The first kappa shape index (κ1) is 13.0. The minimum absolute atomic E-state index is 0.0307. The van der Waals surface area contributed by atoms with Gasteiger partial charge in [0.1, 0.15) is 5.75 Å². The quantitative estimate of drug-likeness (QED) is 0.769. The molecule has 0 bridgehead atoms. The second-order valence-corrected chi connectivity index (χ2v) is 5.28. The van der Waals surface area contributed by atoms with Crippen LogP contribution in [-0.4, -0.2) is 16.8 Å². The molecule has 2 N–H and O–H groups in total. The van der Waals surface area contributed by atoms with Crippen molar-refractivity contribution in [2.24, 2.45) is 0 Å². The van der Waals surface area contributed by atoms with Gasteiger partial charge in [-0.05, 0) is 41.9 Å². The molecule has 1 aromatic carbocycles. The maximum absolute atomic E-state index is 9.80. The third kappa shape index (κ3) is 3.53. The van der Waals surface area contributed by atoms with Gasteiger partial charge in [0.05, 0.1) is 0 Å². The van der Waals surface area contributed by atoms with Crippen LogP contribution in [0.5, 0.6) is 5.75 Å². The smallest absolute Gasteiger partial charge is 0.119 e. The van der Waals surface area contributed by atoms with Crippen LogP contribution in [0.2, 0.25) is 0 Å². The van der Waals surface area contributed by atoms with Crippen molar-refractivity contribution in [3.05, 3.63) is 29.3 Å². The fourth-order valence-electron chi connectivity index (χ4n) is 1.78. The van der Waals surface area contributed by atoms with Gasteiger partial charge in [0.25, 0.3) is 0 Å². The Balaban J connectivity index is 2.82. The highest BCUT2D eigenvalue weighted by Gasteiger charge is 2.18. The predicted octanol–water partition coefficient (Wildman–Crippen LogP) is 3.00. The monoisotopic (exact) mass is 222 g/mol. The fraction of sp³-hybridized carbons (Fsp3) is 0.571. The molecule has 0 spiro atoms. The van der Waals surface area contributed by atoms with Crippen LogP contribution in [0.1, 0.15) is 44.7 Å². The average molecular weight is 222 g/mol. The Hall–Kier alpha value is -1.02. The summed E-state index contributed by atoms with van der Waals surface area (Å²) < 4.78 is 0. The lowest BCUT2D eigenvalue weighted by atomic mass is 9.85. The van der Waals surface area contributed by atoms with E-state index in [4.69, 9.17) is 5.11 Å². The van der Waals surface area contributed by atoms with Crippen molar-refractivity contribution in [3.63, 3.8) is 0 Å². The number of aryl methyl sites for hydroxylation is 1. The summed E-state index contributed by atoms with van der Waals surface area (Å²) in [5, 5.41) is 18.5. The molecule has 0 aliphatic rings. The van der Waals surface area contributed by atoms with E-state index in [-0.39, 0.29) is 12.0 Å². The lowest BCUT2D eigenvalue weighted by molar-refractivity contribution is 0.284. The summed E-state index contributed by atoms with van der Waals surface area (Å²) in [4.78, 5) is 0. The summed E-state index contributed by atoms with van der Waals surface area (Å²) >= 11 is 0. The molecule has 0 aliphatic carbocycles. The normalized spacial score (nSPS) is 11.8. The van der Waals surface area contributed by atoms with Crippen LogP contribution in [0.25, 0.3) is 0 Å². The minimum atomic E-state index is -0.0307. The summed E-state index contributed by atoms with van der Waals surface area (Å²) in [6.45, 7) is 6.54. The Labute approximate surface area is 97.9 Å². The van der Waals surface area contributed by atoms with Crippen molar-refractivity contribution in [2.75, 3.05) is 6.61 Å². The lowest BCUT2D eigenvalue weighted by Gasteiger charge is -2.21. The Bertz CT molecular complexity index is 337. The highest BCUT2D eigenvalue weighted by atomic mass is 16.3. The second kappa shape index (κ2) is 5.35. The zero-order chi connectivity index (χ0) is 12.2. The molecule has 0 aliphatic heterocycles. The van der Waals surface area contributed by atoms with E-state index in [0.29, 0.717) is 5.75 Å². The summed E-state index contributed by atoms with van der Waals surface area (Å²) in [5.41, 5.74) is 2.20. The molecule has 0 unspecified atom stereocenters. The number of aromatic hydroxyl groups is 1. The summed E-state index contributed by atoms with van der Waals surface area (Å²) in [6, 6.07) is 5.81. The summed E-state index contributed by atoms with van der Waals surface area (Å²) in [5.74, 6) is 0.374. The van der Waals surface area contributed by atoms with E-state index in [9.17, 15) is 5.11 Å². The molecular weight excluding hydrogens is 200 g/mol. The van der Waals surface area contributed by atoms with Crippen molar-refractivity contribution >= 4 is 0 Å². The topological polar surface area (TPSA) is 40.5 Å². The van der Waals surface area contributed by atoms with Crippen LogP contribution in [0.15, 0.2) is 18.2 Å². The average Bonchev–Trinajstić information content (AvgIpc) is 2.19. The number of rotatable bonds is 4. The number of unbranched alkanes of at least 4 members (excludes halogenated alkanes) is 1. The van der Waals surface area contributed by atoms with E-state index >= 15 is 0 Å². The molecule has 1 rings (SSSR count). The number of benzene rings is 1. The third-order valence-electron chi connectivity index (χ3n) is 2.74. The number of hydrogen-bond acceptors (Lipinski definition) is 2. The van der Waals surface area contributed by atoms with Crippen molar-refractivity contribution in [1.29, 1.82) is 0 Å². The molecule has 16 heavy (non-hydrogen) atoms. The lowest BCUT2D eigenvalue weighted by Crippen LogP contribution is -2.11. The van der Waals surface area contributed by atoms with Crippen molar-refractivity contribution in [1.82, 2.24) is 0 Å². The largest absolute Gasteiger partial charge is 0.508 e. The maximum Gasteiger partial charge on any atom is 0.119 e. The first-order valence-electron chi connectivity index (χ1n) is 5.88. The van der Waals surface area contributed by atoms with E-state index in [0.717, 1.165) is 24.8 Å². The fourth-order valence-corrected chi connectivity index (χ4v) is 1.78. The van der Waals surface area contributed by atoms with Gasteiger partial charge in [-0.15, -0.1) is 0 Å². The van der Waals surface area contributed by atoms with Crippen LogP contribution in [0, 0.1) is 0 Å².